The van der Waals surface area contributed by atoms with Crippen LogP contribution in [0.1, 0.15) is 13.8 Å². The van der Waals surface area contributed by atoms with Gasteiger partial charge >= 0.3 is 0 Å². The summed E-state index contributed by atoms with van der Waals surface area (Å²) >= 11 is 0. The molecule has 2 rings (SSSR count). The highest BCUT2D eigenvalue weighted by molar-refractivity contribution is 5.92. The van der Waals surface area contributed by atoms with Gasteiger partial charge in [0.2, 0.25) is 5.91 Å². The van der Waals surface area contributed by atoms with Gasteiger partial charge in [0.15, 0.2) is 0 Å². The number of benzene rings is 1. The van der Waals surface area contributed by atoms with Crippen molar-refractivity contribution in [3.63, 3.8) is 0 Å². The second kappa shape index (κ2) is 5.08. The van der Waals surface area contributed by atoms with Crippen LogP contribution in [-0.4, -0.2) is 41.1 Å². The van der Waals surface area contributed by atoms with Crippen LogP contribution in [0.15, 0.2) is 30.3 Å². The molecule has 1 amide bonds. The van der Waals surface area contributed by atoms with Gasteiger partial charge in [-0.2, -0.15) is 0 Å². The molecule has 0 radical (unpaired) electrons. The maximum Gasteiger partial charge on any atom is 0.238 e. The first kappa shape index (κ1) is 13.1. The number of aliphatic hydroxyl groups is 1. The number of nitrogens with one attached hydrogen (secondary N) is 1. The van der Waals surface area contributed by atoms with Crippen molar-refractivity contribution in [1.82, 2.24) is 4.90 Å². The number of carbonyl (C=O) groups excluding carboxylic acids is 1. The Morgan fingerprint density at radius 3 is 2.56 bits per heavy atom. The molecule has 1 saturated heterocycles. The van der Waals surface area contributed by atoms with Gasteiger partial charge in [0.05, 0.1) is 12.1 Å². The second-order valence-corrected chi connectivity index (χ2v) is 5.32. The molecule has 0 atom stereocenters. The molecule has 18 heavy (non-hydrogen) atoms. The van der Waals surface area contributed by atoms with Crippen LogP contribution in [0, 0.1) is 5.92 Å². The van der Waals surface area contributed by atoms with E-state index in [2.05, 4.69) is 5.32 Å². The topological polar surface area (TPSA) is 52.6 Å². The zero-order valence-electron chi connectivity index (χ0n) is 10.9. The molecule has 98 valence electrons. The molecule has 1 fully saturated rings. The lowest BCUT2D eigenvalue weighted by molar-refractivity contribution is -0.139. The Labute approximate surface area is 108 Å². The molecule has 0 unspecified atom stereocenters. The summed E-state index contributed by atoms with van der Waals surface area (Å²) in [6.45, 7) is 5.49. The summed E-state index contributed by atoms with van der Waals surface area (Å²) in [7, 11) is 0. The summed E-state index contributed by atoms with van der Waals surface area (Å²) in [5.41, 5.74) is 0.190. The normalized spacial score (nSPS) is 18.4. The van der Waals surface area contributed by atoms with Crippen LogP contribution >= 0.6 is 0 Å². The van der Waals surface area contributed by atoms with E-state index in [-0.39, 0.29) is 11.8 Å². The summed E-state index contributed by atoms with van der Waals surface area (Å²) in [5.74, 6) is 0.193. The van der Waals surface area contributed by atoms with Crippen molar-refractivity contribution >= 4 is 11.6 Å². The van der Waals surface area contributed by atoms with E-state index in [1.165, 1.54) is 0 Å². The first-order valence-corrected chi connectivity index (χ1v) is 6.29. The fourth-order valence-electron chi connectivity index (χ4n) is 2.13. The van der Waals surface area contributed by atoms with E-state index in [0.717, 1.165) is 5.69 Å². The first-order chi connectivity index (χ1) is 8.49. The lowest BCUT2D eigenvalue weighted by Crippen LogP contribution is -2.65. The molecular weight excluding hydrogens is 228 g/mol. The number of likely N-dealkylation sites (tertiary alicyclic amines) is 1. The SMILES string of the molecule is CC(C)C1(O)CN(CC(=O)Nc2ccccc2)C1. The Hall–Kier alpha value is -1.39. The maximum absolute atomic E-state index is 11.8. The summed E-state index contributed by atoms with van der Waals surface area (Å²) in [5, 5.41) is 12.9. The van der Waals surface area contributed by atoms with E-state index in [4.69, 9.17) is 0 Å². The minimum atomic E-state index is -0.618. The molecule has 0 bridgehead atoms. The van der Waals surface area contributed by atoms with Gasteiger partial charge in [0, 0.05) is 18.8 Å². The van der Waals surface area contributed by atoms with Gasteiger partial charge in [-0.25, -0.2) is 0 Å². The average molecular weight is 248 g/mol. The van der Waals surface area contributed by atoms with Gasteiger partial charge in [0.25, 0.3) is 0 Å². The summed E-state index contributed by atoms with van der Waals surface area (Å²) in [4.78, 5) is 13.7. The van der Waals surface area contributed by atoms with Gasteiger partial charge in [-0.05, 0) is 18.1 Å². The van der Waals surface area contributed by atoms with E-state index in [0.29, 0.717) is 19.6 Å². The van der Waals surface area contributed by atoms with Crippen LogP contribution in [0.2, 0.25) is 0 Å². The highest BCUT2D eigenvalue weighted by Crippen LogP contribution is 2.28. The number of amides is 1. The molecule has 1 aliphatic heterocycles. The van der Waals surface area contributed by atoms with E-state index in [9.17, 15) is 9.90 Å². The number of carbonyl (C=O) groups is 1. The molecule has 2 N–H and O–H groups in total. The summed E-state index contributed by atoms with van der Waals surface area (Å²) in [6, 6.07) is 9.40. The van der Waals surface area contributed by atoms with Crippen molar-refractivity contribution in [2.45, 2.75) is 19.4 Å². The third-order valence-corrected chi connectivity index (χ3v) is 3.49. The van der Waals surface area contributed by atoms with Crippen LogP contribution in [0.4, 0.5) is 5.69 Å². The molecule has 1 aromatic rings. The van der Waals surface area contributed by atoms with Crippen molar-refractivity contribution in [1.29, 1.82) is 0 Å². The molecule has 0 spiro atoms. The highest BCUT2D eigenvalue weighted by Gasteiger charge is 2.43. The maximum atomic E-state index is 11.8. The number of β-amino-alcohol motifs (C(OH)–C–C–N with tert-alkyl or cyclic N) is 1. The molecule has 1 aliphatic rings. The van der Waals surface area contributed by atoms with Gasteiger partial charge in [0.1, 0.15) is 0 Å². The van der Waals surface area contributed by atoms with E-state index >= 15 is 0 Å². The number of rotatable bonds is 4. The monoisotopic (exact) mass is 248 g/mol. The van der Waals surface area contributed by atoms with Crippen molar-refractivity contribution in [3.05, 3.63) is 30.3 Å². The highest BCUT2D eigenvalue weighted by atomic mass is 16.3. The molecular formula is C14H20N2O2. The van der Waals surface area contributed by atoms with E-state index in [1.807, 2.05) is 49.1 Å². The first-order valence-electron chi connectivity index (χ1n) is 6.29. The fourth-order valence-corrected chi connectivity index (χ4v) is 2.13. The van der Waals surface area contributed by atoms with Gasteiger partial charge in [-0.3, -0.25) is 9.69 Å². The number of hydrogen-bond donors (Lipinski definition) is 2. The number of hydrogen-bond acceptors (Lipinski definition) is 3. The smallest absolute Gasteiger partial charge is 0.238 e. The zero-order valence-corrected chi connectivity index (χ0v) is 10.9. The third kappa shape index (κ3) is 2.89. The fraction of sp³-hybridized carbons (Fsp3) is 0.500. The summed E-state index contributed by atoms with van der Waals surface area (Å²) < 4.78 is 0. The molecule has 0 saturated carbocycles. The quantitative estimate of drug-likeness (QED) is 0.845. The number of nitrogens with zero attached hydrogens (tertiary/aromatic N) is 1. The Kier molecular flexibility index (Phi) is 3.68. The Balaban J connectivity index is 1.77. The standard InChI is InChI=1S/C14H20N2O2/c1-11(2)14(18)9-16(10-14)8-13(17)15-12-6-4-3-5-7-12/h3-7,11,18H,8-10H2,1-2H3,(H,15,17). The zero-order chi connectivity index (χ0) is 13.2. The Morgan fingerprint density at radius 1 is 1.39 bits per heavy atom. The van der Waals surface area contributed by atoms with Gasteiger partial charge < -0.3 is 10.4 Å². The van der Waals surface area contributed by atoms with Crippen molar-refractivity contribution < 1.29 is 9.90 Å². The molecule has 4 nitrogen and oxygen atoms in total. The third-order valence-electron chi connectivity index (χ3n) is 3.49. The molecule has 1 heterocycles. The van der Waals surface area contributed by atoms with E-state index < -0.39 is 5.60 Å². The lowest BCUT2D eigenvalue weighted by Gasteiger charge is -2.48. The molecule has 1 aromatic carbocycles. The molecule has 0 aromatic heterocycles. The van der Waals surface area contributed by atoms with Crippen LogP contribution in [-0.2, 0) is 4.79 Å². The lowest BCUT2D eigenvalue weighted by atomic mass is 9.83. The number of anilines is 1. The van der Waals surface area contributed by atoms with Crippen LogP contribution in [0.3, 0.4) is 0 Å². The largest absolute Gasteiger partial charge is 0.387 e. The minimum absolute atomic E-state index is 0.0352. The number of para-hydroxylation sites is 1. The van der Waals surface area contributed by atoms with Crippen LogP contribution < -0.4 is 5.32 Å². The van der Waals surface area contributed by atoms with E-state index in [1.54, 1.807) is 0 Å². The van der Waals surface area contributed by atoms with Crippen LogP contribution in [0.5, 0.6) is 0 Å². The van der Waals surface area contributed by atoms with Gasteiger partial charge in [-0.15, -0.1) is 0 Å². The average Bonchev–Trinajstić information content (AvgIpc) is 2.27. The van der Waals surface area contributed by atoms with Crippen molar-refractivity contribution in [2.24, 2.45) is 5.92 Å². The molecule has 0 aliphatic carbocycles. The van der Waals surface area contributed by atoms with Crippen molar-refractivity contribution in [2.75, 3.05) is 25.0 Å². The van der Waals surface area contributed by atoms with Crippen LogP contribution in [0.25, 0.3) is 0 Å². The van der Waals surface area contributed by atoms with Gasteiger partial charge in [-0.1, -0.05) is 32.0 Å². The minimum Gasteiger partial charge on any atom is -0.387 e. The predicted octanol–water partition coefficient (Wildman–Crippen LogP) is 1.33. The predicted molar refractivity (Wildman–Crippen MR) is 71.3 cm³/mol. The Bertz CT molecular complexity index is 411. The Morgan fingerprint density at radius 2 is 2.00 bits per heavy atom. The van der Waals surface area contributed by atoms with Crippen molar-refractivity contribution in [3.8, 4) is 0 Å². The second-order valence-electron chi connectivity index (χ2n) is 5.32. The summed E-state index contributed by atoms with van der Waals surface area (Å²) in [6.07, 6.45) is 0. The molecule has 4 heteroatoms.